The summed E-state index contributed by atoms with van der Waals surface area (Å²) < 4.78 is 24.0. The molecule has 1 aliphatic heterocycles. The van der Waals surface area contributed by atoms with Gasteiger partial charge in [-0.05, 0) is 31.5 Å². The molecule has 1 atom stereocenters. The minimum Gasteiger partial charge on any atom is -0.278 e. The molecule has 21 heavy (non-hydrogen) atoms. The largest absolute Gasteiger partial charge is 0.278 e. The van der Waals surface area contributed by atoms with E-state index in [0.717, 1.165) is 5.56 Å². The van der Waals surface area contributed by atoms with Gasteiger partial charge in [0, 0.05) is 12.3 Å². The van der Waals surface area contributed by atoms with E-state index in [9.17, 15) is 18.0 Å². The molecule has 1 saturated heterocycles. The highest BCUT2D eigenvalue weighted by Gasteiger charge is 2.35. The second-order valence-corrected chi connectivity index (χ2v) is 8.17. The van der Waals surface area contributed by atoms with Crippen LogP contribution in [-0.2, 0) is 26.0 Å². The molecule has 0 bridgehead atoms. The average Bonchev–Trinajstić information content (AvgIpc) is 2.66. The van der Waals surface area contributed by atoms with Gasteiger partial charge in [-0.3, -0.25) is 14.5 Å². The van der Waals surface area contributed by atoms with Gasteiger partial charge in [-0.2, -0.15) is 0 Å². The third-order valence-corrected chi connectivity index (χ3v) is 5.85. The van der Waals surface area contributed by atoms with Crippen molar-refractivity contribution < 1.29 is 18.0 Å². The molecule has 1 heterocycles. The zero-order valence-corrected chi connectivity index (χ0v) is 13.2. The maximum Gasteiger partial charge on any atom is 0.232 e. The molecule has 6 heteroatoms. The molecule has 1 aliphatic rings. The molecule has 2 rings (SSSR count). The highest BCUT2D eigenvalue weighted by molar-refractivity contribution is 7.92. The highest BCUT2D eigenvalue weighted by atomic mass is 32.2. The normalized spacial score (nSPS) is 19.6. The smallest absolute Gasteiger partial charge is 0.232 e. The molecule has 2 amide bonds. The van der Waals surface area contributed by atoms with Gasteiger partial charge < -0.3 is 0 Å². The van der Waals surface area contributed by atoms with Crippen molar-refractivity contribution in [2.24, 2.45) is 5.92 Å². The second kappa shape index (κ2) is 5.60. The topological polar surface area (TPSA) is 71.5 Å². The van der Waals surface area contributed by atoms with Crippen LogP contribution in [0, 0.1) is 5.92 Å². The minimum absolute atomic E-state index is 0.168. The van der Waals surface area contributed by atoms with Crippen LogP contribution in [0.3, 0.4) is 0 Å². The lowest BCUT2D eigenvalue weighted by Gasteiger charge is -2.15. The third kappa shape index (κ3) is 3.00. The molecule has 0 spiro atoms. The van der Waals surface area contributed by atoms with Gasteiger partial charge in [0.1, 0.15) is 0 Å². The van der Waals surface area contributed by atoms with Crippen LogP contribution in [0.2, 0.25) is 0 Å². The fourth-order valence-corrected chi connectivity index (χ4v) is 3.31. The van der Waals surface area contributed by atoms with Gasteiger partial charge in [0.25, 0.3) is 0 Å². The third-order valence-electron chi connectivity index (χ3n) is 3.68. The van der Waals surface area contributed by atoms with E-state index < -0.39 is 15.1 Å². The zero-order valence-electron chi connectivity index (χ0n) is 12.4. The van der Waals surface area contributed by atoms with Crippen LogP contribution in [0.25, 0.3) is 0 Å². The molecule has 0 radical (unpaired) electrons. The predicted molar refractivity (Wildman–Crippen MR) is 78.1 cm³/mol. The van der Waals surface area contributed by atoms with Gasteiger partial charge in [0.05, 0.1) is 16.7 Å². The van der Waals surface area contributed by atoms with Crippen LogP contribution in [0.4, 0.5) is 0 Å². The summed E-state index contributed by atoms with van der Waals surface area (Å²) in [6.07, 6.45) is 0.249. The summed E-state index contributed by atoms with van der Waals surface area (Å²) in [4.78, 5) is 25.1. The Morgan fingerprint density at radius 1 is 1.19 bits per heavy atom. The zero-order chi connectivity index (χ0) is 15.8. The monoisotopic (exact) mass is 309 g/mol. The first-order valence-corrected chi connectivity index (χ1v) is 8.45. The van der Waals surface area contributed by atoms with E-state index >= 15 is 0 Å². The maximum atomic E-state index is 12.0. The van der Waals surface area contributed by atoms with Gasteiger partial charge in [-0.1, -0.05) is 19.1 Å². The van der Waals surface area contributed by atoms with Crippen molar-refractivity contribution in [2.45, 2.75) is 43.9 Å². The number of rotatable bonds is 4. The van der Waals surface area contributed by atoms with E-state index in [0.29, 0.717) is 0 Å². The Hall–Kier alpha value is -1.69. The number of likely N-dealkylation sites (tertiary alicyclic amines) is 1. The summed E-state index contributed by atoms with van der Waals surface area (Å²) in [5, 5.41) is -0.481. The number of amides is 2. The van der Waals surface area contributed by atoms with Crippen molar-refractivity contribution in [2.75, 3.05) is 0 Å². The summed E-state index contributed by atoms with van der Waals surface area (Å²) in [5.41, 5.74) is 0.744. The van der Waals surface area contributed by atoms with Crippen molar-refractivity contribution >= 4 is 21.7 Å². The van der Waals surface area contributed by atoms with E-state index in [1.54, 1.807) is 32.9 Å². The van der Waals surface area contributed by atoms with Crippen molar-refractivity contribution in [3.05, 3.63) is 29.8 Å². The molecule has 1 unspecified atom stereocenters. The first kappa shape index (κ1) is 15.7. The summed E-state index contributed by atoms with van der Waals surface area (Å²) in [6, 6.07) is 6.36. The van der Waals surface area contributed by atoms with Crippen LogP contribution in [0.15, 0.2) is 29.2 Å². The van der Waals surface area contributed by atoms with Gasteiger partial charge in [-0.15, -0.1) is 0 Å². The Morgan fingerprint density at radius 2 is 1.76 bits per heavy atom. The fourth-order valence-electron chi connectivity index (χ4n) is 2.25. The van der Waals surface area contributed by atoms with E-state index in [1.165, 1.54) is 17.0 Å². The number of carbonyl (C=O) groups excluding carboxylic acids is 2. The Labute approximate surface area is 124 Å². The number of carbonyl (C=O) groups is 2. The summed E-state index contributed by atoms with van der Waals surface area (Å²) in [7, 11) is -3.30. The summed E-state index contributed by atoms with van der Waals surface area (Å²) in [6.45, 7) is 5.20. The lowest BCUT2D eigenvalue weighted by Crippen LogP contribution is -2.29. The van der Waals surface area contributed by atoms with E-state index in [1.807, 2.05) is 0 Å². The van der Waals surface area contributed by atoms with Crippen LogP contribution in [0.5, 0.6) is 0 Å². The fraction of sp³-hybridized carbons (Fsp3) is 0.467. The number of imide groups is 1. The molecule has 114 valence electrons. The van der Waals surface area contributed by atoms with E-state index in [-0.39, 0.29) is 35.6 Å². The van der Waals surface area contributed by atoms with Crippen molar-refractivity contribution in [1.29, 1.82) is 0 Å². The molecule has 0 aliphatic carbocycles. The highest BCUT2D eigenvalue weighted by Crippen LogP contribution is 2.22. The van der Waals surface area contributed by atoms with Crippen LogP contribution in [0.1, 0.15) is 32.8 Å². The van der Waals surface area contributed by atoms with Crippen LogP contribution < -0.4 is 0 Å². The Bertz CT molecular complexity index is 661. The maximum absolute atomic E-state index is 12.0. The Kier molecular flexibility index (Phi) is 4.18. The number of hydrogen-bond acceptors (Lipinski definition) is 4. The van der Waals surface area contributed by atoms with Gasteiger partial charge in [-0.25, -0.2) is 8.42 Å². The van der Waals surface area contributed by atoms with E-state index in [2.05, 4.69) is 0 Å². The minimum atomic E-state index is -3.30. The molecule has 0 saturated carbocycles. The Balaban J connectivity index is 2.18. The van der Waals surface area contributed by atoms with Gasteiger partial charge in [0.15, 0.2) is 9.84 Å². The van der Waals surface area contributed by atoms with Crippen molar-refractivity contribution in [1.82, 2.24) is 4.90 Å². The van der Waals surface area contributed by atoms with E-state index in [4.69, 9.17) is 0 Å². The molecule has 1 aromatic rings. The number of sulfone groups is 1. The summed E-state index contributed by atoms with van der Waals surface area (Å²) in [5.74, 6) is -0.608. The molecular formula is C15H19NO4S. The quantitative estimate of drug-likeness (QED) is 0.795. The first-order valence-electron chi connectivity index (χ1n) is 6.90. The Morgan fingerprint density at radius 3 is 2.19 bits per heavy atom. The average molecular weight is 309 g/mol. The SMILES string of the molecule is CC1CC(=O)N(Cc2ccc(S(=O)(=O)C(C)C)cc2)C1=O. The standard InChI is InChI=1S/C15H19NO4S/c1-10(2)21(19,20)13-6-4-12(5-7-13)9-16-14(17)8-11(3)15(16)18/h4-7,10-11H,8-9H2,1-3H3. The molecule has 1 fully saturated rings. The second-order valence-electron chi connectivity index (χ2n) is 5.66. The number of benzene rings is 1. The summed E-state index contributed by atoms with van der Waals surface area (Å²) >= 11 is 0. The molecule has 5 nitrogen and oxygen atoms in total. The van der Waals surface area contributed by atoms with Crippen LogP contribution in [-0.4, -0.2) is 30.4 Å². The number of hydrogen-bond donors (Lipinski definition) is 0. The molecule has 0 aromatic heterocycles. The van der Waals surface area contributed by atoms with Gasteiger partial charge in [0.2, 0.25) is 11.8 Å². The lowest BCUT2D eigenvalue weighted by molar-refractivity contribution is -0.139. The molecule has 1 aromatic carbocycles. The number of nitrogens with zero attached hydrogens (tertiary/aromatic N) is 1. The molecular weight excluding hydrogens is 290 g/mol. The van der Waals surface area contributed by atoms with Crippen LogP contribution >= 0.6 is 0 Å². The van der Waals surface area contributed by atoms with Crippen molar-refractivity contribution in [3.8, 4) is 0 Å². The molecule has 0 N–H and O–H groups in total. The van der Waals surface area contributed by atoms with Gasteiger partial charge >= 0.3 is 0 Å². The predicted octanol–water partition coefficient (Wildman–Crippen LogP) is 1.76. The first-order chi connectivity index (χ1) is 9.73. The lowest BCUT2D eigenvalue weighted by atomic mass is 10.1. The van der Waals surface area contributed by atoms with Crippen molar-refractivity contribution in [3.63, 3.8) is 0 Å².